The molecule has 0 aliphatic heterocycles. The first-order valence-corrected chi connectivity index (χ1v) is 8.45. The third-order valence-corrected chi connectivity index (χ3v) is 3.84. The van der Waals surface area contributed by atoms with Gasteiger partial charge < -0.3 is 15.8 Å². The van der Waals surface area contributed by atoms with E-state index in [1.165, 1.54) is 43.3 Å². The molecule has 28 heavy (non-hydrogen) atoms. The second kappa shape index (κ2) is 9.40. The van der Waals surface area contributed by atoms with E-state index in [-0.39, 0.29) is 18.6 Å². The molecule has 146 valence electrons. The fourth-order valence-electron chi connectivity index (χ4n) is 2.27. The Bertz CT molecular complexity index is 878. The lowest BCUT2D eigenvalue weighted by molar-refractivity contribution is -0.153. The molecule has 2 amide bonds. The number of benzene rings is 2. The summed E-state index contributed by atoms with van der Waals surface area (Å²) in [7, 11) is 0. The molecule has 2 aromatic rings. The summed E-state index contributed by atoms with van der Waals surface area (Å²) in [4.78, 5) is 46.9. The normalized spacial score (nSPS) is 11.4. The van der Waals surface area contributed by atoms with Crippen LogP contribution in [0.5, 0.6) is 0 Å². The number of amides is 2. The summed E-state index contributed by atoms with van der Waals surface area (Å²) in [5.41, 5.74) is 6.13. The molecule has 0 bridgehead atoms. The van der Waals surface area contributed by atoms with Crippen LogP contribution in [0.4, 0.5) is 10.1 Å². The van der Waals surface area contributed by atoms with Crippen LogP contribution < -0.4 is 11.1 Å². The van der Waals surface area contributed by atoms with Crippen molar-refractivity contribution < 1.29 is 28.3 Å². The number of nitrogens with one attached hydrogen (secondary N) is 1. The van der Waals surface area contributed by atoms with Gasteiger partial charge in [0.15, 0.2) is 11.9 Å². The third-order valence-electron chi connectivity index (χ3n) is 3.84. The van der Waals surface area contributed by atoms with Crippen LogP contribution >= 0.6 is 0 Å². The molecule has 7 nitrogen and oxygen atoms in total. The number of nitrogens with two attached hydrogens (primary N) is 1. The zero-order valence-electron chi connectivity index (χ0n) is 15.1. The minimum absolute atomic E-state index is 0.118. The number of carbonyl (C=O) groups excluding carboxylic acids is 4. The molecule has 2 rings (SSSR count). The number of ketones is 1. The van der Waals surface area contributed by atoms with E-state index in [1.807, 2.05) is 0 Å². The highest BCUT2D eigenvalue weighted by Gasteiger charge is 2.19. The van der Waals surface area contributed by atoms with Crippen LogP contribution in [0.3, 0.4) is 0 Å². The van der Waals surface area contributed by atoms with Crippen molar-refractivity contribution >= 4 is 29.3 Å². The third kappa shape index (κ3) is 6.01. The molecule has 0 aromatic heterocycles. The lowest BCUT2D eigenvalue weighted by Gasteiger charge is -2.13. The molecule has 0 heterocycles. The highest BCUT2D eigenvalue weighted by molar-refractivity contribution is 5.98. The van der Waals surface area contributed by atoms with Gasteiger partial charge in [0, 0.05) is 23.2 Å². The topological polar surface area (TPSA) is 116 Å². The van der Waals surface area contributed by atoms with Crippen molar-refractivity contribution in [1.82, 2.24) is 0 Å². The van der Waals surface area contributed by atoms with Crippen molar-refractivity contribution in [2.45, 2.75) is 25.9 Å². The summed E-state index contributed by atoms with van der Waals surface area (Å²) >= 11 is 0. The second-order valence-corrected chi connectivity index (χ2v) is 5.99. The maximum absolute atomic E-state index is 12.9. The van der Waals surface area contributed by atoms with Gasteiger partial charge in [-0.15, -0.1) is 0 Å². The molecule has 0 aliphatic rings. The average Bonchev–Trinajstić information content (AvgIpc) is 2.67. The summed E-state index contributed by atoms with van der Waals surface area (Å²) in [6, 6.07) is 10.9. The van der Waals surface area contributed by atoms with Gasteiger partial charge in [-0.25, -0.2) is 4.39 Å². The van der Waals surface area contributed by atoms with Gasteiger partial charge in [-0.1, -0.05) is 0 Å². The van der Waals surface area contributed by atoms with Crippen LogP contribution in [0.2, 0.25) is 0 Å². The molecule has 0 radical (unpaired) electrons. The second-order valence-electron chi connectivity index (χ2n) is 5.99. The number of esters is 1. The van der Waals surface area contributed by atoms with Gasteiger partial charge >= 0.3 is 5.97 Å². The SMILES string of the molecule is C[C@H](OC(=O)CCC(=O)c1ccc(F)cc1)C(=O)Nc1ccc(C(N)=O)cc1. The van der Waals surface area contributed by atoms with Crippen LogP contribution in [0.15, 0.2) is 48.5 Å². The van der Waals surface area contributed by atoms with Crippen LogP contribution in [0, 0.1) is 5.82 Å². The number of Topliss-reactive ketones (excluding diaryl/α,β-unsaturated/α-hetero) is 1. The maximum atomic E-state index is 12.9. The van der Waals surface area contributed by atoms with Gasteiger partial charge in [0.2, 0.25) is 5.91 Å². The van der Waals surface area contributed by atoms with Crippen molar-refractivity contribution in [3.05, 3.63) is 65.5 Å². The predicted molar refractivity (Wildman–Crippen MR) is 99.1 cm³/mol. The molecule has 3 N–H and O–H groups in total. The van der Waals surface area contributed by atoms with Gasteiger partial charge in [-0.05, 0) is 55.5 Å². The van der Waals surface area contributed by atoms with E-state index in [2.05, 4.69) is 5.32 Å². The average molecular weight is 386 g/mol. The smallest absolute Gasteiger partial charge is 0.307 e. The highest BCUT2D eigenvalue weighted by Crippen LogP contribution is 2.11. The van der Waals surface area contributed by atoms with Crippen molar-refractivity contribution in [1.29, 1.82) is 0 Å². The van der Waals surface area contributed by atoms with E-state index in [9.17, 15) is 23.6 Å². The maximum Gasteiger partial charge on any atom is 0.307 e. The number of carbonyl (C=O) groups is 4. The number of halogens is 1. The van der Waals surface area contributed by atoms with Crippen LogP contribution in [-0.2, 0) is 14.3 Å². The number of primary amides is 1. The fourth-order valence-corrected chi connectivity index (χ4v) is 2.27. The first-order valence-electron chi connectivity index (χ1n) is 8.45. The van der Waals surface area contributed by atoms with Crippen molar-refractivity contribution in [2.75, 3.05) is 5.32 Å². The molecule has 2 aromatic carbocycles. The van der Waals surface area contributed by atoms with Crippen molar-refractivity contribution in [3.63, 3.8) is 0 Å². The molecular formula is C20H19FN2O5. The number of hydrogen-bond acceptors (Lipinski definition) is 5. The van der Waals surface area contributed by atoms with E-state index >= 15 is 0 Å². The lowest BCUT2D eigenvalue weighted by Crippen LogP contribution is -2.30. The molecular weight excluding hydrogens is 367 g/mol. The van der Waals surface area contributed by atoms with Gasteiger partial charge in [0.1, 0.15) is 5.82 Å². The van der Waals surface area contributed by atoms with Gasteiger partial charge in [0.05, 0.1) is 6.42 Å². The number of ether oxygens (including phenoxy) is 1. The minimum Gasteiger partial charge on any atom is -0.453 e. The van der Waals surface area contributed by atoms with E-state index in [0.717, 1.165) is 12.1 Å². The molecule has 0 fully saturated rings. The summed E-state index contributed by atoms with van der Waals surface area (Å²) < 4.78 is 17.9. The van der Waals surface area contributed by atoms with Crippen molar-refractivity contribution in [2.24, 2.45) is 5.73 Å². The minimum atomic E-state index is -1.08. The first kappa shape index (κ1) is 20.8. The van der Waals surface area contributed by atoms with Gasteiger partial charge in [-0.3, -0.25) is 19.2 Å². The number of rotatable bonds is 8. The summed E-state index contributed by atoms with van der Waals surface area (Å²) in [6.07, 6.45) is -1.40. The monoisotopic (exact) mass is 386 g/mol. The fraction of sp³-hybridized carbons (Fsp3) is 0.200. The van der Waals surface area contributed by atoms with E-state index < -0.39 is 29.7 Å². The van der Waals surface area contributed by atoms with Gasteiger partial charge in [-0.2, -0.15) is 0 Å². The molecule has 0 aliphatic carbocycles. The summed E-state index contributed by atoms with van der Waals surface area (Å²) in [5, 5.41) is 2.54. The zero-order chi connectivity index (χ0) is 20.7. The predicted octanol–water partition coefficient (Wildman–Crippen LogP) is 2.46. The number of anilines is 1. The zero-order valence-corrected chi connectivity index (χ0v) is 15.1. The molecule has 0 saturated heterocycles. The Hall–Kier alpha value is -3.55. The molecule has 0 saturated carbocycles. The Labute approximate surface area is 160 Å². The largest absolute Gasteiger partial charge is 0.453 e. The van der Waals surface area contributed by atoms with Crippen LogP contribution in [-0.4, -0.2) is 29.7 Å². The molecule has 8 heteroatoms. The molecule has 1 atom stereocenters. The first-order chi connectivity index (χ1) is 13.3. The van der Waals surface area contributed by atoms with E-state index in [0.29, 0.717) is 16.8 Å². The van der Waals surface area contributed by atoms with Gasteiger partial charge in [0.25, 0.3) is 5.91 Å². The van der Waals surface area contributed by atoms with Crippen LogP contribution in [0.1, 0.15) is 40.5 Å². The standard InChI is InChI=1S/C20H19FN2O5/c1-12(20(27)23-16-8-4-14(5-9-16)19(22)26)28-18(25)11-10-17(24)13-2-6-15(21)7-3-13/h2-9,12H,10-11H2,1H3,(H2,22,26)(H,23,27)/t12-/m0/s1. The summed E-state index contributed by atoms with van der Waals surface area (Å²) in [6.45, 7) is 1.40. The highest BCUT2D eigenvalue weighted by atomic mass is 19.1. The Morgan fingerprint density at radius 2 is 1.54 bits per heavy atom. The molecule has 0 spiro atoms. The lowest BCUT2D eigenvalue weighted by atomic mass is 10.1. The van der Waals surface area contributed by atoms with E-state index in [4.69, 9.17) is 10.5 Å². The Kier molecular flexibility index (Phi) is 6.97. The van der Waals surface area contributed by atoms with Crippen molar-refractivity contribution in [3.8, 4) is 0 Å². The Morgan fingerprint density at radius 3 is 2.11 bits per heavy atom. The number of hydrogen-bond donors (Lipinski definition) is 2. The Morgan fingerprint density at radius 1 is 0.964 bits per heavy atom. The summed E-state index contributed by atoms with van der Waals surface area (Å²) in [5.74, 6) is -2.65. The Balaban J connectivity index is 1.80. The van der Waals surface area contributed by atoms with Crippen LogP contribution in [0.25, 0.3) is 0 Å². The van der Waals surface area contributed by atoms with E-state index in [1.54, 1.807) is 0 Å². The quantitative estimate of drug-likeness (QED) is 0.534. The molecule has 0 unspecified atom stereocenters.